The molecule has 1 amide bonds. The predicted molar refractivity (Wildman–Crippen MR) is 132 cm³/mol. The number of benzene rings is 2. The fourth-order valence-corrected chi connectivity index (χ4v) is 4.22. The molecule has 2 aromatic carbocycles. The van der Waals surface area contributed by atoms with Crippen LogP contribution in [-0.2, 0) is 23.1 Å². The second-order valence-electron chi connectivity index (χ2n) is 9.19. The van der Waals surface area contributed by atoms with Gasteiger partial charge >= 0.3 is 17.9 Å². The summed E-state index contributed by atoms with van der Waals surface area (Å²) in [5.74, 6) is -3.37. The maximum atomic E-state index is 12.6. The molecule has 12 heteroatoms. The lowest BCUT2D eigenvalue weighted by Crippen LogP contribution is -2.57. The summed E-state index contributed by atoms with van der Waals surface area (Å²) in [4.78, 5) is 33.2. The fourth-order valence-electron chi connectivity index (χ4n) is 4.22. The number of nitrogens with two attached hydrogens (primary N) is 1. The topological polar surface area (TPSA) is 151 Å². The number of aliphatic carboxylic acids is 1. The van der Waals surface area contributed by atoms with E-state index in [2.05, 4.69) is 11.4 Å². The molecule has 1 aromatic heterocycles. The number of hydrogen-bond acceptors (Lipinski definition) is 6. The third kappa shape index (κ3) is 6.80. The Bertz CT molecular complexity index is 1400. The van der Waals surface area contributed by atoms with Crippen LogP contribution >= 0.6 is 0 Å². The molecular formula is C26H27F3N4O5. The highest BCUT2D eigenvalue weighted by molar-refractivity contribution is 5.86. The van der Waals surface area contributed by atoms with Crippen molar-refractivity contribution >= 4 is 23.0 Å². The van der Waals surface area contributed by atoms with Crippen LogP contribution in [0.15, 0.2) is 51.7 Å². The maximum absolute atomic E-state index is 12.6. The van der Waals surface area contributed by atoms with Crippen molar-refractivity contribution in [3.8, 4) is 17.2 Å². The van der Waals surface area contributed by atoms with Gasteiger partial charge in [-0.15, -0.1) is 0 Å². The summed E-state index contributed by atoms with van der Waals surface area (Å²) in [5.41, 5.74) is 9.61. The van der Waals surface area contributed by atoms with Gasteiger partial charge in [-0.2, -0.15) is 18.4 Å². The van der Waals surface area contributed by atoms with Gasteiger partial charge in [0, 0.05) is 13.5 Å². The molecule has 0 aliphatic heterocycles. The van der Waals surface area contributed by atoms with Crippen molar-refractivity contribution in [2.45, 2.75) is 56.3 Å². The monoisotopic (exact) mass is 532 g/mol. The molecule has 4 rings (SSSR count). The number of carboxylic acids is 1. The Morgan fingerprint density at radius 1 is 1.16 bits per heavy atom. The van der Waals surface area contributed by atoms with Gasteiger partial charge in [0.05, 0.1) is 17.1 Å². The van der Waals surface area contributed by atoms with Crippen molar-refractivity contribution in [1.82, 2.24) is 9.88 Å². The molecule has 3 aromatic rings. The van der Waals surface area contributed by atoms with Crippen LogP contribution in [-0.4, -0.2) is 39.3 Å². The van der Waals surface area contributed by atoms with Crippen molar-refractivity contribution in [3.05, 3.63) is 58.6 Å². The first-order valence-corrected chi connectivity index (χ1v) is 11.8. The number of amides is 1. The quantitative estimate of drug-likeness (QED) is 0.454. The standard InChI is InChI=1S/C24H26N4O3.C2HF3O2/c1-28-20-14-18(9-10-21(20)31-23(28)30)17-7-5-16(6-8-17)13-19(15-25)27-22(29)24(26)11-3-2-4-12-24;3-2(4,5)1(6)7/h5-10,14,19H,2-4,11-13,26H2,1H3,(H,27,29);(H,6,7)/t19-;/m0./s1. The molecule has 9 nitrogen and oxygen atoms in total. The number of halogens is 3. The number of carbonyl (C=O) groups is 2. The zero-order chi connectivity index (χ0) is 28.1. The van der Waals surface area contributed by atoms with E-state index in [-0.39, 0.29) is 11.7 Å². The van der Waals surface area contributed by atoms with E-state index in [0.29, 0.717) is 24.8 Å². The minimum absolute atomic E-state index is 0.227. The van der Waals surface area contributed by atoms with Gasteiger partial charge in [-0.3, -0.25) is 9.36 Å². The molecule has 38 heavy (non-hydrogen) atoms. The van der Waals surface area contributed by atoms with E-state index in [4.69, 9.17) is 20.1 Å². The SMILES string of the molecule is Cn1c(=O)oc2ccc(-c3ccc(C[C@@H](C#N)NC(=O)C4(N)CCCCC4)cc3)cc21.O=C(O)C(F)(F)F. The lowest BCUT2D eigenvalue weighted by molar-refractivity contribution is -0.192. The van der Waals surface area contributed by atoms with E-state index >= 15 is 0 Å². The van der Waals surface area contributed by atoms with Crippen LogP contribution in [0.5, 0.6) is 0 Å². The van der Waals surface area contributed by atoms with Crippen molar-refractivity contribution < 1.29 is 32.3 Å². The van der Waals surface area contributed by atoms with E-state index in [0.717, 1.165) is 41.5 Å². The van der Waals surface area contributed by atoms with Crippen LogP contribution in [0.3, 0.4) is 0 Å². The second-order valence-corrected chi connectivity index (χ2v) is 9.19. The van der Waals surface area contributed by atoms with Gasteiger partial charge in [-0.1, -0.05) is 49.6 Å². The van der Waals surface area contributed by atoms with Crippen LogP contribution in [0.25, 0.3) is 22.2 Å². The number of nitrogens with one attached hydrogen (secondary N) is 1. The number of aryl methyl sites for hydroxylation is 1. The van der Waals surface area contributed by atoms with Crippen LogP contribution in [0, 0.1) is 11.3 Å². The first kappa shape index (κ1) is 28.5. The molecule has 1 saturated carbocycles. The van der Waals surface area contributed by atoms with E-state index in [1.807, 2.05) is 36.4 Å². The largest absolute Gasteiger partial charge is 0.490 e. The molecule has 0 saturated heterocycles. The zero-order valence-corrected chi connectivity index (χ0v) is 20.5. The Labute approximate surface area is 215 Å². The van der Waals surface area contributed by atoms with Crippen LogP contribution in [0.1, 0.15) is 37.7 Å². The number of carboxylic acid groups (broad SMARTS) is 1. The Hall–Kier alpha value is -4.11. The predicted octanol–water partition coefficient (Wildman–Crippen LogP) is 3.64. The molecule has 0 radical (unpaired) electrons. The number of fused-ring (bicyclic) bond motifs is 1. The normalized spacial score (nSPS) is 15.6. The number of aromatic nitrogens is 1. The summed E-state index contributed by atoms with van der Waals surface area (Å²) in [5, 5.41) is 19.5. The molecule has 0 unspecified atom stereocenters. The Morgan fingerprint density at radius 2 is 1.74 bits per heavy atom. The van der Waals surface area contributed by atoms with Crippen LogP contribution in [0.2, 0.25) is 0 Å². The Balaban J connectivity index is 0.000000505. The molecule has 202 valence electrons. The van der Waals surface area contributed by atoms with Gasteiger partial charge in [-0.25, -0.2) is 9.59 Å². The van der Waals surface area contributed by atoms with Crippen molar-refractivity contribution in [1.29, 1.82) is 5.26 Å². The number of nitrogens with zero attached hydrogens (tertiary/aromatic N) is 2. The molecule has 1 aliphatic rings. The third-order valence-corrected chi connectivity index (χ3v) is 6.42. The van der Waals surface area contributed by atoms with E-state index in [9.17, 15) is 28.0 Å². The summed E-state index contributed by atoms with van der Waals surface area (Å²) < 4.78 is 38.4. The Kier molecular flexibility index (Phi) is 8.63. The summed E-state index contributed by atoms with van der Waals surface area (Å²) >= 11 is 0. The summed E-state index contributed by atoms with van der Waals surface area (Å²) in [6.07, 6.45) is -0.350. The molecule has 1 heterocycles. The number of hydrogen-bond donors (Lipinski definition) is 3. The van der Waals surface area contributed by atoms with E-state index in [1.165, 1.54) is 4.57 Å². The van der Waals surface area contributed by atoms with Crippen molar-refractivity contribution in [3.63, 3.8) is 0 Å². The van der Waals surface area contributed by atoms with Crippen molar-refractivity contribution in [2.75, 3.05) is 0 Å². The Morgan fingerprint density at radius 3 is 2.29 bits per heavy atom. The average molecular weight is 533 g/mol. The van der Waals surface area contributed by atoms with Gasteiger partial charge in [0.1, 0.15) is 6.04 Å². The lowest BCUT2D eigenvalue weighted by atomic mass is 9.81. The number of carbonyl (C=O) groups excluding carboxylic acids is 1. The van der Waals surface area contributed by atoms with Gasteiger partial charge in [-0.05, 0) is 41.7 Å². The van der Waals surface area contributed by atoms with E-state index in [1.54, 1.807) is 13.1 Å². The highest BCUT2D eigenvalue weighted by Gasteiger charge is 2.38. The lowest BCUT2D eigenvalue weighted by Gasteiger charge is -2.32. The molecule has 0 spiro atoms. The first-order valence-electron chi connectivity index (χ1n) is 11.8. The highest BCUT2D eigenvalue weighted by Crippen LogP contribution is 2.27. The van der Waals surface area contributed by atoms with Gasteiger partial charge < -0.3 is 20.6 Å². The second kappa shape index (κ2) is 11.5. The number of alkyl halides is 3. The van der Waals surface area contributed by atoms with Gasteiger partial charge in [0.2, 0.25) is 5.91 Å². The first-order chi connectivity index (χ1) is 17.8. The number of oxazole rings is 1. The number of nitriles is 1. The van der Waals surface area contributed by atoms with Gasteiger partial charge in [0.25, 0.3) is 0 Å². The average Bonchev–Trinajstić information content (AvgIpc) is 3.17. The molecule has 1 atom stereocenters. The smallest absolute Gasteiger partial charge is 0.475 e. The number of rotatable bonds is 5. The van der Waals surface area contributed by atoms with Crippen molar-refractivity contribution in [2.24, 2.45) is 12.8 Å². The molecule has 1 aliphatic carbocycles. The third-order valence-electron chi connectivity index (χ3n) is 6.42. The minimum atomic E-state index is -5.08. The maximum Gasteiger partial charge on any atom is 0.490 e. The van der Waals surface area contributed by atoms with Crippen LogP contribution in [0.4, 0.5) is 13.2 Å². The zero-order valence-electron chi connectivity index (χ0n) is 20.5. The molecule has 4 N–H and O–H groups in total. The highest BCUT2D eigenvalue weighted by atomic mass is 19.4. The fraction of sp³-hybridized carbons (Fsp3) is 0.385. The van der Waals surface area contributed by atoms with Gasteiger partial charge in [0.15, 0.2) is 5.58 Å². The molecular weight excluding hydrogens is 505 g/mol. The molecule has 0 bridgehead atoms. The van der Waals surface area contributed by atoms with E-state index < -0.39 is 23.7 Å². The minimum Gasteiger partial charge on any atom is -0.475 e. The molecule has 1 fully saturated rings. The summed E-state index contributed by atoms with van der Waals surface area (Å²) in [6.45, 7) is 0. The summed E-state index contributed by atoms with van der Waals surface area (Å²) in [6, 6.07) is 15.0. The summed E-state index contributed by atoms with van der Waals surface area (Å²) in [7, 11) is 1.68. The van der Waals surface area contributed by atoms with Crippen LogP contribution < -0.4 is 16.8 Å².